The molecular weight excluding hydrogens is 256 g/mol. The van der Waals surface area contributed by atoms with E-state index < -0.39 is 0 Å². The molecule has 0 fully saturated rings. The van der Waals surface area contributed by atoms with Gasteiger partial charge >= 0.3 is 5.97 Å². The summed E-state index contributed by atoms with van der Waals surface area (Å²) in [4.78, 5) is 11.8. The Kier molecular flexibility index (Phi) is 4.08. The zero-order valence-electron chi connectivity index (χ0n) is 12.1. The van der Waals surface area contributed by atoms with E-state index in [1.54, 1.807) is 0 Å². The molecule has 5 nitrogen and oxygen atoms in total. The maximum atomic E-state index is 11.8. The lowest BCUT2D eigenvalue weighted by Gasteiger charge is -2.11. The molecule has 5 heteroatoms. The number of carbonyl (C=O) groups excluding carboxylic acids is 1. The van der Waals surface area contributed by atoms with Crippen LogP contribution in [0.25, 0.3) is 0 Å². The number of benzene rings is 1. The molecular formula is C15H18N2O3. The Morgan fingerprint density at radius 3 is 2.70 bits per heavy atom. The predicted molar refractivity (Wildman–Crippen MR) is 75.8 cm³/mol. The molecule has 0 unspecified atom stereocenters. The first-order chi connectivity index (χ1) is 9.52. The van der Waals surface area contributed by atoms with E-state index in [1.807, 2.05) is 39.0 Å². The van der Waals surface area contributed by atoms with Gasteiger partial charge in [-0.2, -0.15) is 0 Å². The molecule has 1 N–H and O–H groups in total. The largest absolute Gasteiger partial charge is 0.465 e. The molecule has 0 bridgehead atoms. The number of aromatic nitrogens is 1. The van der Waals surface area contributed by atoms with Gasteiger partial charge in [0.15, 0.2) is 0 Å². The molecule has 106 valence electrons. The third-order valence-corrected chi connectivity index (χ3v) is 3.22. The van der Waals surface area contributed by atoms with Crippen LogP contribution in [-0.2, 0) is 11.3 Å². The summed E-state index contributed by atoms with van der Waals surface area (Å²) in [6, 6.07) is 5.63. The van der Waals surface area contributed by atoms with E-state index in [-0.39, 0.29) is 5.97 Å². The van der Waals surface area contributed by atoms with E-state index in [1.165, 1.54) is 7.11 Å². The number of nitrogens with zero attached hydrogens (tertiary/aromatic N) is 1. The molecule has 2 rings (SSSR count). The highest BCUT2D eigenvalue weighted by Gasteiger charge is 2.14. The third-order valence-electron chi connectivity index (χ3n) is 3.22. The van der Waals surface area contributed by atoms with Crippen molar-refractivity contribution >= 4 is 11.7 Å². The van der Waals surface area contributed by atoms with Crippen molar-refractivity contribution in [2.24, 2.45) is 0 Å². The smallest absolute Gasteiger partial charge is 0.339 e. The Morgan fingerprint density at radius 1 is 1.35 bits per heavy atom. The van der Waals surface area contributed by atoms with E-state index in [9.17, 15) is 4.79 Å². The Labute approximate surface area is 117 Å². The minimum atomic E-state index is -0.352. The summed E-state index contributed by atoms with van der Waals surface area (Å²) >= 11 is 0. The number of esters is 1. The van der Waals surface area contributed by atoms with Crippen molar-refractivity contribution in [3.63, 3.8) is 0 Å². The SMILES string of the molecule is COC(=O)c1cc(C)ccc1NCc1c(C)noc1C. The van der Waals surface area contributed by atoms with Gasteiger partial charge in [0, 0.05) is 17.8 Å². The molecule has 2 aromatic rings. The minimum absolute atomic E-state index is 0.352. The minimum Gasteiger partial charge on any atom is -0.465 e. The van der Waals surface area contributed by atoms with Crippen LogP contribution in [0.5, 0.6) is 0 Å². The standard InChI is InChI=1S/C15H18N2O3/c1-9-5-6-14(12(7-9)15(18)19-4)16-8-13-10(2)17-20-11(13)3/h5-7,16H,8H2,1-4H3. The molecule has 0 aliphatic heterocycles. The van der Waals surface area contributed by atoms with Gasteiger partial charge in [0.25, 0.3) is 0 Å². The monoisotopic (exact) mass is 274 g/mol. The maximum Gasteiger partial charge on any atom is 0.339 e. The fourth-order valence-electron chi connectivity index (χ4n) is 2.03. The summed E-state index contributed by atoms with van der Waals surface area (Å²) < 4.78 is 9.93. The van der Waals surface area contributed by atoms with Crippen LogP contribution >= 0.6 is 0 Å². The summed E-state index contributed by atoms with van der Waals surface area (Å²) in [6.45, 7) is 6.25. The van der Waals surface area contributed by atoms with Gasteiger partial charge in [-0.05, 0) is 32.9 Å². The fraction of sp³-hybridized carbons (Fsp3) is 0.333. The number of nitrogens with one attached hydrogen (secondary N) is 1. The highest BCUT2D eigenvalue weighted by molar-refractivity contribution is 5.95. The highest BCUT2D eigenvalue weighted by Crippen LogP contribution is 2.21. The summed E-state index contributed by atoms with van der Waals surface area (Å²) in [6.07, 6.45) is 0. The van der Waals surface area contributed by atoms with Crippen molar-refractivity contribution in [3.8, 4) is 0 Å². The molecule has 0 saturated carbocycles. The molecule has 0 spiro atoms. The second-order valence-corrected chi connectivity index (χ2v) is 4.70. The molecule has 0 saturated heterocycles. The molecule has 0 atom stereocenters. The number of aryl methyl sites for hydroxylation is 3. The number of rotatable bonds is 4. The lowest BCUT2D eigenvalue weighted by molar-refractivity contribution is 0.0601. The molecule has 1 heterocycles. The van der Waals surface area contributed by atoms with Crippen LogP contribution in [-0.4, -0.2) is 18.2 Å². The Balaban J connectivity index is 2.23. The number of hydrogen-bond acceptors (Lipinski definition) is 5. The molecule has 0 radical (unpaired) electrons. The van der Waals surface area contributed by atoms with Crippen LogP contribution in [0.3, 0.4) is 0 Å². The zero-order chi connectivity index (χ0) is 14.7. The van der Waals surface area contributed by atoms with Gasteiger partial charge in [0.05, 0.1) is 18.4 Å². The normalized spacial score (nSPS) is 10.4. The van der Waals surface area contributed by atoms with Crippen LogP contribution in [0, 0.1) is 20.8 Å². The number of ether oxygens (including phenoxy) is 1. The predicted octanol–water partition coefficient (Wildman–Crippen LogP) is 3.00. The molecule has 1 aromatic carbocycles. The quantitative estimate of drug-likeness (QED) is 0.868. The maximum absolute atomic E-state index is 11.8. The first-order valence-corrected chi connectivity index (χ1v) is 6.37. The Hall–Kier alpha value is -2.30. The van der Waals surface area contributed by atoms with Gasteiger partial charge in [-0.1, -0.05) is 16.8 Å². The van der Waals surface area contributed by atoms with Gasteiger partial charge < -0.3 is 14.6 Å². The Morgan fingerprint density at radius 2 is 2.10 bits per heavy atom. The van der Waals surface area contributed by atoms with Crippen LogP contribution in [0.4, 0.5) is 5.69 Å². The third kappa shape index (κ3) is 2.82. The van der Waals surface area contributed by atoms with Gasteiger partial charge in [0.2, 0.25) is 0 Å². The van der Waals surface area contributed by atoms with Crippen molar-refractivity contribution in [1.82, 2.24) is 5.16 Å². The molecule has 20 heavy (non-hydrogen) atoms. The average Bonchev–Trinajstić information content (AvgIpc) is 2.76. The van der Waals surface area contributed by atoms with Crippen molar-refractivity contribution in [1.29, 1.82) is 0 Å². The van der Waals surface area contributed by atoms with Crippen LogP contribution in [0.1, 0.15) is 32.9 Å². The van der Waals surface area contributed by atoms with Gasteiger partial charge in [-0.25, -0.2) is 4.79 Å². The second-order valence-electron chi connectivity index (χ2n) is 4.70. The number of methoxy groups -OCH3 is 1. The van der Waals surface area contributed by atoms with Crippen molar-refractivity contribution < 1.29 is 14.1 Å². The second kappa shape index (κ2) is 5.77. The lowest BCUT2D eigenvalue weighted by atomic mass is 10.1. The first kappa shape index (κ1) is 14.1. The summed E-state index contributed by atoms with van der Waals surface area (Å²) in [5, 5.41) is 7.15. The fourth-order valence-corrected chi connectivity index (χ4v) is 2.03. The topological polar surface area (TPSA) is 64.4 Å². The van der Waals surface area contributed by atoms with E-state index in [4.69, 9.17) is 9.26 Å². The van der Waals surface area contributed by atoms with E-state index in [0.717, 1.165) is 28.3 Å². The van der Waals surface area contributed by atoms with Gasteiger partial charge in [-0.3, -0.25) is 0 Å². The molecule has 0 amide bonds. The van der Waals surface area contributed by atoms with Crippen molar-refractivity contribution in [2.45, 2.75) is 27.3 Å². The average molecular weight is 274 g/mol. The molecule has 0 aliphatic carbocycles. The summed E-state index contributed by atoms with van der Waals surface area (Å²) in [7, 11) is 1.38. The molecule has 1 aromatic heterocycles. The van der Waals surface area contributed by atoms with E-state index in [0.29, 0.717) is 12.1 Å². The van der Waals surface area contributed by atoms with Crippen LogP contribution < -0.4 is 5.32 Å². The lowest BCUT2D eigenvalue weighted by Crippen LogP contribution is -2.09. The van der Waals surface area contributed by atoms with Crippen molar-refractivity contribution in [3.05, 3.63) is 46.3 Å². The van der Waals surface area contributed by atoms with Crippen molar-refractivity contribution in [2.75, 3.05) is 12.4 Å². The van der Waals surface area contributed by atoms with Gasteiger partial charge in [-0.15, -0.1) is 0 Å². The first-order valence-electron chi connectivity index (χ1n) is 6.37. The number of hydrogen-bond donors (Lipinski definition) is 1. The van der Waals surface area contributed by atoms with E-state index >= 15 is 0 Å². The highest BCUT2D eigenvalue weighted by atomic mass is 16.5. The van der Waals surface area contributed by atoms with Gasteiger partial charge in [0.1, 0.15) is 5.76 Å². The van der Waals surface area contributed by atoms with Crippen LogP contribution in [0.2, 0.25) is 0 Å². The van der Waals surface area contributed by atoms with E-state index in [2.05, 4.69) is 10.5 Å². The summed E-state index contributed by atoms with van der Waals surface area (Å²) in [5.74, 6) is 0.427. The number of anilines is 1. The van der Waals surface area contributed by atoms with Crippen LogP contribution in [0.15, 0.2) is 22.7 Å². The Bertz CT molecular complexity index is 613. The summed E-state index contributed by atoms with van der Waals surface area (Å²) in [5.41, 5.74) is 4.12. The zero-order valence-corrected chi connectivity index (χ0v) is 12.1. The number of carbonyl (C=O) groups is 1. The molecule has 0 aliphatic rings.